The highest BCUT2D eigenvalue weighted by Gasteiger charge is 2.31. The Morgan fingerprint density at radius 3 is 2.33 bits per heavy atom. The molecule has 0 unspecified atom stereocenters. The Labute approximate surface area is 146 Å². The molecule has 2 N–H and O–H groups in total. The molecule has 1 aliphatic carbocycles. The van der Waals surface area contributed by atoms with E-state index in [9.17, 15) is 18.0 Å². The summed E-state index contributed by atoms with van der Waals surface area (Å²) in [6, 6.07) is 5.61. The average Bonchev–Trinajstić information content (AvgIpc) is 3.01. The van der Waals surface area contributed by atoms with Crippen molar-refractivity contribution in [3.05, 3.63) is 34.9 Å². The van der Waals surface area contributed by atoms with Gasteiger partial charge in [-0.3, -0.25) is 9.59 Å². The van der Waals surface area contributed by atoms with Crippen LogP contribution < -0.4 is 5.32 Å². The van der Waals surface area contributed by atoms with Crippen LogP contribution in [0.4, 0.5) is 0 Å². The van der Waals surface area contributed by atoms with Crippen molar-refractivity contribution in [3.63, 3.8) is 0 Å². The first-order valence-electron chi connectivity index (χ1n) is 7.76. The zero-order chi connectivity index (χ0) is 17.7. The van der Waals surface area contributed by atoms with Crippen molar-refractivity contribution >= 4 is 33.3 Å². The van der Waals surface area contributed by atoms with Gasteiger partial charge < -0.3 is 10.4 Å². The van der Waals surface area contributed by atoms with E-state index in [1.165, 1.54) is 0 Å². The van der Waals surface area contributed by atoms with Gasteiger partial charge in [0.2, 0.25) is 5.91 Å². The number of benzene rings is 1. The van der Waals surface area contributed by atoms with Gasteiger partial charge in [-0.25, -0.2) is 8.42 Å². The monoisotopic (exact) mass is 373 g/mol. The molecule has 8 heteroatoms. The molecular weight excluding hydrogens is 354 g/mol. The van der Waals surface area contributed by atoms with Gasteiger partial charge in [-0.15, -0.1) is 0 Å². The molecule has 0 aliphatic heterocycles. The number of sulfone groups is 1. The molecule has 1 saturated carbocycles. The topological polar surface area (TPSA) is 101 Å². The number of hydrogen-bond acceptors (Lipinski definition) is 4. The SMILES string of the molecule is O=C(O)C[C@H](NC(=O)CS(=O)(=O)C1CCCC1)c1ccc(Cl)cc1. The predicted octanol–water partition coefficient (Wildman–Crippen LogP) is 2.33. The van der Waals surface area contributed by atoms with Crippen molar-refractivity contribution in [3.8, 4) is 0 Å². The number of amides is 1. The van der Waals surface area contributed by atoms with Crippen LogP contribution in [0.2, 0.25) is 5.02 Å². The summed E-state index contributed by atoms with van der Waals surface area (Å²) in [5, 5.41) is 11.6. The van der Waals surface area contributed by atoms with E-state index in [2.05, 4.69) is 5.32 Å². The van der Waals surface area contributed by atoms with E-state index in [-0.39, 0.29) is 6.42 Å². The summed E-state index contributed by atoms with van der Waals surface area (Å²) in [6.07, 6.45) is 2.56. The molecule has 1 fully saturated rings. The number of carboxylic acids is 1. The van der Waals surface area contributed by atoms with Crippen LogP contribution in [0.25, 0.3) is 0 Å². The zero-order valence-corrected chi connectivity index (χ0v) is 14.6. The van der Waals surface area contributed by atoms with Gasteiger partial charge in [0.1, 0.15) is 5.75 Å². The molecule has 0 saturated heterocycles. The Morgan fingerprint density at radius 1 is 1.21 bits per heavy atom. The number of hydrogen-bond donors (Lipinski definition) is 2. The van der Waals surface area contributed by atoms with Gasteiger partial charge in [-0.1, -0.05) is 36.6 Å². The van der Waals surface area contributed by atoms with Crippen LogP contribution in [-0.4, -0.2) is 36.4 Å². The number of halogens is 1. The van der Waals surface area contributed by atoms with Crippen LogP contribution in [0.1, 0.15) is 43.7 Å². The minimum atomic E-state index is -3.50. The normalized spacial score (nSPS) is 16.7. The molecule has 1 aromatic carbocycles. The first kappa shape index (κ1) is 18.7. The number of aliphatic carboxylic acids is 1. The van der Waals surface area contributed by atoms with Crippen molar-refractivity contribution in [2.24, 2.45) is 0 Å². The second-order valence-electron chi connectivity index (χ2n) is 5.98. The number of nitrogens with one attached hydrogen (secondary N) is 1. The van der Waals surface area contributed by atoms with E-state index in [0.29, 0.717) is 23.4 Å². The van der Waals surface area contributed by atoms with E-state index >= 15 is 0 Å². The minimum Gasteiger partial charge on any atom is -0.481 e. The molecule has 1 atom stereocenters. The summed E-state index contributed by atoms with van der Waals surface area (Å²) < 4.78 is 24.5. The molecule has 24 heavy (non-hydrogen) atoms. The second-order valence-corrected chi connectivity index (χ2v) is 8.70. The molecular formula is C16H20ClNO5S. The van der Waals surface area contributed by atoms with Gasteiger partial charge in [0, 0.05) is 5.02 Å². The summed E-state index contributed by atoms with van der Waals surface area (Å²) in [5.41, 5.74) is 0.563. The van der Waals surface area contributed by atoms with Crippen LogP contribution >= 0.6 is 11.6 Å². The van der Waals surface area contributed by atoms with Crippen molar-refractivity contribution < 1.29 is 23.1 Å². The Hall–Kier alpha value is -1.60. The Kier molecular flexibility index (Phi) is 6.23. The quantitative estimate of drug-likeness (QED) is 0.763. The highest BCUT2D eigenvalue weighted by molar-refractivity contribution is 7.92. The highest BCUT2D eigenvalue weighted by Crippen LogP contribution is 2.25. The third-order valence-corrected chi connectivity index (χ3v) is 6.53. The van der Waals surface area contributed by atoms with Gasteiger partial charge in [0.05, 0.1) is 17.7 Å². The molecule has 0 bridgehead atoms. The van der Waals surface area contributed by atoms with Gasteiger partial charge in [-0.05, 0) is 30.5 Å². The number of carbonyl (C=O) groups excluding carboxylic acids is 1. The van der Waals surface area contributed by atoms with Crippen LogP contribution in [0.3, 0.4) is 0 Å². The van der Waals surface area contributed by atoms with E-state index in [1.54, 1.807) is 24.3 Å². The molecule has 0 radical (unpaired) electrons. The summed E-state index contributed by atoms with van der Waals surface area (Å²) in [7, 11) is -3.50. The molecule has 0 heterocycles. The molecule has 132 valence electrons. The van der Waals surface area contributed by atoms with Crippen molar-refractivity contribution in [2.75, 3.05) is 5.75 Å². The van der Waals surface area contributed by atoms with Crippen molar-refractivity contribution in [2.45, 2.75) is 43.4 Å². The van der Waals surface area contributed by atoms with E-state index in [0.717, 1.165) is 12.8 Å². The van der Waals surface area contributed by atoms with Crippen molar-refractivity contribution in [1.29, 1.82) is 0 Å². The van der Waals surface area contributed by atoms with Gasteiger partial charge >= 0.3 is 5.97 Å². The van der Waals surface area contributed by atoms with Gasteiger partial charge in [0.15, 0.2) is 9.84 Å². The van der Waals surface area contributed by atoms with Gasteiger partial charge in [-0.2, -0.15) is 0 Å². The maximum absolute atomic E-state index is 12.2. The summed E-state index contributed by atoms with van der Waals surface area (Å²) in [5.74, 6) is -2.38. The maximum atomic E-state index is 12.2. The van der Waals surface area contributed by atoms with Crippen LogP contribution in [0, 0.1) is 0 Å². The lowest BCUT2D eigenvalue weighted by Crippen LogP contribution is -2.37. The molecule has 1 aliphatic rings. The minimum absolute atomic E-state index is 0.336. The lowest BCUT2D eigenvalue weighted by atomic mass is 10.0. The first-order valence-corrected chi connectivity index (χ1v) is 9.85. The number of carboxylic acid groups (broad SMARTS) is 1. The second kappa shape index (κ2) is 7.98. The zero-order valence-electron chi connectivity index (χ0n) is 13.1. The largest absolute Gasteiger partial charge is 0.481 e. The van der Waals surface area contributed by atoms with E-state index < -0.39 is 38.8 Å². The fourth-order valence-corrected chi connectivity index (χ4v) is 4.77. The van der Waals surface area contributed by atoms with Crippen LogP contribution in [-0.2, 0) is 19.4 Å². The standard InChI is InChI=1S/C16H20ClNO5S/c17-12-7-5-11(6-8-12)14(9-16(20)21)18-15(19)10-24(22,23)13-3-1-2-4-13/h5-8,13-14H,1-4,9-10H2,(H,18,19)(H,20,21)/t14-/m0/s1. The fourth-order valence-electron chi connectivity index (χ4n) is 2.91. The predicted molar refractivity (Wildman–Crippen MR) is 90.6 cm³/mol. The van der Waals surface area contributed by atoms with Gasteiger partial charge in [0.25, 0.3) is 0 Å². The average molecular weight is 374 g/mol. The Morgan fingerprint density at radius 2 is 1.79 bits per heavy atom. The third-order valence-electron chi connectivity index (χ3n) is 4.13. The Balaban J connectivity index is 2.06. The number of rotatable bonds is 7. The molecule has 0 spiro atoms. The Bertz CT molecular complexity index is 696. The van der Waals surface area contributed by atoms with Crippen molar-refractivity contribution in [1.82, 2.24) is 5.32 Å². The lowest BCUT2D eigenvalue weighted by Gasteiger charge is -2.18. The number of carbonyl (C=O) groups is 2. The third kappa shape index (κ3) is 5.21. The van der Waals surface area contributed by atoms with Crippen LogP contribution in [0.5, 0.6) is 0 Å². The molecule has 6 nitrogen and oxygen atoms in total. The molecule has 1 amide bonds. The summed E-state index contributed by atoms with van der Waals surface area (Å²) in [4.78, 5) is 23.2. The first-order chi connectivity index (χ1) is 11.3. The summed E-state index contributed by atoms with van der Waals surface area (Å²) in [6.45, 7) is 0. The maximum Gasteiger partial charge on any atom is 0.305 e. The highest BCUT2D eigenvalue weighted by atomic mass is 35.5. The fraction of sp³-hybridized carbons (Fsp3) is 0.500. The molecule has 1 aromatic rings. The molecule has 2 rings (SSSR count). The van der Waals surface area contributed by atoms with E-state index in [4.69, 9.17) is 16.7 Å². The van der Waals surface area contributed by atoms with E-state index in [1.807, 2.05) is 0 Å². The summed E-state index contributed by atoms with van der Waals surface area (Å²) >= 11 is 5.80. The lowest BCUT2D eigenvalue weighted by molar-refractivity contribution is -0.137. The van der Waals surface area contributed by atoms with Crippen LogP contribution in [0.15, 0.2) is 24.3 Å². The smallest absolute Gasteiger partial charge is 0.305 e. The molecule has 0 aromatic heterocycles.